The Morgan fingerprint density at radius 2 is 1.79 bits per heavy atom. The summed E-state index contributed by atoms with van der Waals surface area (Å²) in [4.78, 5) is 34.9. The summed E-state index contributed by atoms with van der Waals surface area (Å²) in [6.07, 6.45) is 11.9. The molecule has 6 aliphatic rings. The number of para-hydroxylation sites is 2. The van der Waals surface area contributed by atoms with Crippen molar-refractivity contribution in [2.75, 3.05) is 18.0 Å². The predicted molar refractivity (Wildman–Crippen MR) is 149 cm³/mol. The van der Waals surface area contributed by atoms with Gasteiger partial charge in [-0.25, -0.2) is 9.78 Å². The van der Waals surface area contributed by atoms with Gasteiger partial charge in [-0.2, -0.15) is 0 Å². The topological polar surface area (TPSA) is 78.7 Å². The van der Waals surface area contributed by atoms with E-state index in [0.29, 0.717) is 36.3 Å². The molecule has 0 radical (unpaired) electrons. The number of fused-ring (bicyclic) bond motifs is 5. The van der Waals surface area contributed by atoms with Crippen LogP contribution in [0.3, 0.4) is 0 Å². The largest absolute Gasteiger partial charge is 0.480 e. The van der Waals surface area contributed by atoms with Gasteiger partial charge in [0, 0.05) is 24.7 Å². The van der Waals surface area contributed by atoms with E-state index in [-0.39, 0.29) is 11.6 Å². The smallest absolute Gasteiger partial charge is 0.326 e. The maximum Gasteiger partial charge on any atom is 0.326 e. The SMILES string of the molecule is CC1(C)[C@H]2CC[C@@H](CCN3[C@@H]4CCC[C@H]3CC(n3c(=O)c(N5CC[C@@H]5C(=O)O)nc5ccccc53)C4)[C@@H]1C2. The Morgan fingerprint density at radius 1 is 1.03 bits per heavy atom. The summed E-state index contributed by atoms with van der Waals surface area (Å²) in [5.74, 6) is 2.18. The molecule has 3 aliphatic heterocycles. The zero-order valence-electron chi connectivity index (χ0n) is 22.9. The number of carboxylic acid groups (broad SMARTS) is 1. The van der Waals surface area contributed by atoms with Crippen molar-refractivity contribution in [2.24, 2.45) is 23.2 Å². The monoisotopic (exact) mass is 518 g/mol. The van der Waals surface area contributed by atoms with Crippen LogP contribution < -0.4 is 10.5 Å². The molecule has 204 valence electrons. The minimum Gasteiger partial charge on any atom is -0.480 e. The third-order valence-electron chi connectivity index (χ3n) is 11.6. The molecule has 1 unspecified atom stereocenters. The molecule has 8 rings (SSSR count). The van der Waals surface area contributed by atoms with Gasteiger partial charge in [0.05, 0.1) is 11.0 Å². The van der Waals surface area contributed by atoms with Crippen molar-refractivity contribution in [1.82, 2.24) is 14.5 Å². The lowest BCUT2D eigenvalue weighted by Gasteiger charge is -2.60. The van der Waals surface area contributed by atoms with E-state index in [2.05, 4.69) is 18.7 Å². The second kappa shape index (κ2) is 9.07. The lowest BCUT2D eigenvalue weighted by Crippen LogP contribution is -2.56. The molecule has 3 saturated carbocycles. The number of hydrogen-bond donors (Lipinski definition) is 1. The molecule has 0 spiro atoms. The first-order valence-corrected chi connectivity index (χ1v) is 15.1. The van der Waals surface area contributed by atoms with Crippen molar-refractivity contribution in [1.29, 1.82) is 0 Å². The third-order valence-corrected chi connectivity index (χ3v) is 11.6. The number of carboxylic acids is 1. The summed E-state index contributed by atoms with van der Waals surface area (Å²) in [5.41, 5.74) is 2.09. The summed E-state index contributed by atoms with van der Waals surface area (Å²) in [5, 5.41) is 9.63. The molecular formula is C31H42N4O3. The Hall–Kier alpha value is -2.41. The van der Waals surface area contributed by atoms with Crippen LogP contribution in [0.2, 0.25) is 0 Å². The number of benzene rings is 1. The zero-order valence-corrected chi connectivity index (χ0v) is 22.9. The van der Waals surface area contributed by atoms with Crippen LogP contribution in [-0.4, -0.2) is 56.7 Å². The van der Waals surface area contributed by atoms with Crippen LogP contribution in [0.1, 0.15) is 84.1 Å². The molecule has 3 saturated heterocycles. The summed E-state index contributed by atoms with van der Waals surface area (Å²) < 4.78 is 2.00. The summed E-state index contributed by atoms with van der Waals surface area (Å²) >= 11 is 0. The van der Waals surface area contributed by atoms with Gasteiger partial charge in [-0.3, -0.25) is 9.69 Å². The molecule has 7 nitrogen and oxygen atoms in total. The normalized spacial score (nSPS) is 35.9. The van der Waals surface area contributed by atoms with E-state index in [1.165, 1.54) is 51.5 Å². The van der Waals surface area contributed by atoms with Gasteiger partial charge < -0.3 is 14.6 Å². The van der Waals surface area contributed by atoms with E-state index in [1.54, 1.807) is 4.90 Å². The molecule has 1 aromatic heterocycles. The summed E-state index contributed by atoms with van der Waals surface area (Å²) in [7, 11) is 0. The van der Waals surface area contributed by atoms with Gasteiger partial charge in [-0.1, -0.05) is 32.4 Å². The van der Waals surface area contributed by atoms with Gasteiger partial charge in [-0.05, 0) is 99.6 Å². The van der Waals surface area contributed by atoms with Crippen LogP contribution in [0.5, 0.6) is 0 Å². The van der Waals surface area contributed by atoms with Crippen molar-refractivity contribution < 1.29 is 9.90 Å². The van der Waals surface area contributed by atoms with Gasteiger partial charge in [-0.15, -0.1) is 0 Å². The van der Waals surface area contributed by atoms with Crippen LogP contribution in [0.4, 0.5) is 5.82 Å². The molecule has 7 atom stereocenters. The van der Waals surface area contributed by atoms with Crippen molar-refractivity contribution in [3.05, 3.63) is 34.6 Å². The molecule has 2 aromatic rings. The van der Waals surface area contributed by atoms with E-state index in [0.717, 1.165) is 41.6 Å². The number of carbonyl (C=O) groups is 1. The van der Waals surface area contributed by atoms with Crippen LogP contribution in [0.25, 0.3) is 11.0 Å². The van der Waals surface area contributed by atoms with Gasteiger partial charge in [0.25, 0.3) is 5.56 Å². The number of aromatic nitrogens is 2. The van der Waals surface area contributed by atoms with Crippen molar-refractivity contribution in [3.63, 3.8) is 0 Å². The highest BCUT2D eigenvalue weighted by molar-refractivity contribution is 5.81. The molecule has 4 bridgehead atoms. The zero-order chi connectivity index (χ0) is 26.2. The Bertz CT molecular complexity index is 1290. The predicted octanol–water partition coefficient (Wildman–Crippen LogP) is 5.08. The lowest BCUT2D eigenvalue weighted by molar-refractivity contribution is -0.140. The van der Waals surface area contributed by atoms with Crippen molar-refractivity contribution in [3.8, 4) is 0 Å². The minimum atomic E-state index is -0.876. The van der Waals surface area contributed by atoms with Crippen LogP contribution in [-0.2, 0) is 4.79 Å². The number of nitrogens with zero attached hydrogens (tertiary/aromatic N) is 4. The Morgan fingerprint density at radius 3 is 2.45 bits per heavy atom. The van der Waals surface area contributed by atoms with Gasteiger partial charge in [0.2, 0.25) is 0 Å². The highest BCUT2D eigenvalue weighted by atomic mass is 16.4. The fourth-order valence-corrected chi connectivity index (χ4v) is 9.24. The number of hydrogen-bond acceptors (Lipinski definition) is 5. The standard InChI is InChI=1S/C31H42N4O3/c1-31(2)20-11-10-19(24(31)16-20)12-14-33-21-6-5-7-22(33)18-23(17-21)35-26-9-4-3-8-25(26)32-28(29(35)36)34-15-13-27(34)30(37)38/h3-4,8-9,19-24,27H,5-7,10-18H2,1-2H3,(H,37,38)/t19-,20-,21-,22+,23?,24-,27+/m0/s1. The molecule has 7 heteroatoms. The number of anilines is 1. The van der Waals surface area contributed by atoms with Crippen molar-refractivity contribution >= 4 is 22.8 Å². The first-order valence-electron chi connectivity index (χ1n) is 15.1. The fourth-order valence-electron chi connectivity index (χ4n) is 9.24. The highest BCUT2D eigenvalue weighted by Gasteiger charge is 2.54. The van der Waals surface area contributed by atoms with E-state index >= 15 is 0 Å². The van der Waals surface area contributed by atoms with Crippen molar-refractivity contribution in [2.45, 2.75) is 102 Å². The molecule has 4 heterocycles. The first-order chi connectivity index (χ1) is 18.3. The van der Waals surface area contributed by atoms with Crippen LogP contribution in [0, 0.1) is 23.2 Å². The number of rotatable bonds is 6. The summed E-state index contributed by atoms with van der Waals surface area (Å²) in [6, 6.07) is 8.43. The molecule has 6 fully saturated rings. The van der Waals surface area contributed by atoms with E-state index < -0.39 is 12.0 Å². The molecule has 38 heavy (non-hydrogen) atoms. The van der Waals surface area contributed by atoms with Gasteiger partial charge in [0.1, 0.15) is 6.04 Å². The third kappa shape index (κ3) is 3.75. The average molecular weight is 519 g/mol. The Balaban J connectivity index is 1.15. The minimum absolute atomic E-state index is 0.116. The fraction of sp³-hybridized carbons (Fsp3) is 0.710. The van der Waals surface area contributed by atoms with Crippen LogP contribution >= 0.6 is 0 Å². The second-order valence-electron chi connectivity index (χ2n) is 13.5. The van der Waals surface area contributed by atoms with Gasteiger partial charge in [0.15, 0.2) is 5.82 Å². The lowest BCUT2D eigenvalue weighted by atomic mass is 9.45. The van der Waals surface area contributed by atoms with Gasteiger partial charge >= 0.3 is 5.97 Å². The van der Waals surface area contributed by atoms with E-state index in [4.69, 9.17) is 4.98 Å². The maximum atomic E-state index is 14.0. The number of piperidine rings is 2. The second-order valence-corrected chi connectivity index (χ2v) is 13.5. The summed E-state index contributed by atoms with van der Waals surface area (Å²) in [6.45, 7) is 6.78. The Kier molecular flexibility index (Phi) is 5.88. The molecule has 3 aliphatic carbocycles. The molecule has 1 aromatic carbocycles. The molecule has 1 N–H and O–H groups in total. The quantitative estimate of drug-likeness (QED) is 0.575. The first kappa shape index (κ1) is 24.6. The van der Waals surface area contributed by atoms with Crippen LogP contribution in [0.15, 0.2) is 29.1 Å². The average Bonchev–Trinajstić information content (AvgIpc) is 2.86. The maximum absolute atomic E-state index is 14.0. The molecular weight excluding hydrogens is 476 g/mol. The van der Waals surface area contributed by atoms with E-state index in [9.17, 15) is 14.7 Å². The molecule has 0 amide bonds. The Labute approximate surface area is 225 Å². The van der Waals surface area contributed by atoms with E-state index in [1.807, 2.05) is 28.8 Å². The highest BCUT2D eigenvalue weighted by Crippen LogP contribution is 2.62. The number of aliphatic carboxylic acids is 1.